The van der Waals surface area contributed by atoms with E-state index in [9.17, 15) is 22.4 Å². The number of ether oxygens (including phenoxy) is 1. The first kappa shape index (κ1) is 19.5. The Morgan fingerprint density at radius 2 is 2.14 bits per heavy atom. The van der Waals surface area contributed by atoms with Crippen LogP contribution in [0.5, 0.6) is 0 Å². The van der Waals surface area contributed by atoms with E-state index in [4.69, 9.17) is 9.84 Å². The number of aliphatic carboxylic acids is 1. The summed E-state index contributed by atoms with van der Waals surface area (Å²) in [6, 6.07) is 2.23. The first-order valence-corrected chi connectivity index (χ1v) is 6.22. The van der Waals surface area contributed by atoms with Crippen LogP contribution >= 0.6 is 0 Å². The van der Waals surface area contributed by atoms with E-state index in [1.165, 1.54) is 4.90 Å². The molecule has 0 spiro atoms. The van der Waals surface area contributed by atoms with Gasteiger partial charge < -0.3 is 17.6 Å². The average Bonchev–Trinajstić information content (AvgIpc) is 2.84. The maximum atomic E-state index is 13.7. The van der Waals surface area contributed by atoms with Gasteiger partial charge in [0.15, 0.2) is 0 Å². The van der Waals surface area contributed by atoms with Crippen LogP contribution in [0.1, 0.15) is 14.8 Å². The zero-order valence-electron chi connectivity index (χ0n) is 13.6. The van der Waals surface area contributed by atoms with Gasteiger partial charge in [-0.15, -0.1) is 0 Å². The zero-order chi connectivity index (χ0) is 15.6. The normalized spacial score (nSPS) is 18.2. The molecule has 0 radical (unpaired) electrons. The van der Waals surface area contributed by atoms with Gasteiger partial charge in [0.25, 0.3) is 0 Å². The number of hydrogen-bond acceptors (Lipinski definition) is 3. The van der Waals surface area contributed by atoms with E-state index in [2.05, 4.69) is 0 Å². The molecule has 2 rings (SSSR count). The zero-order valence-corrected chi connectivity index (χ0v) is 13.8. The molecule has 1 unspecified atom stereocenters. The number of carboxylic acid groups (broad SMARTS) is 1. The second kappa shape index (κ2) is 7.81. The topological polar surface area (TPSA) is 49.8 Å². The van der Waals surface area contributed by atoms with Crippen molar-refractivity contribution in [3.63, 3.8) is 0 Å². The van der Waals surface area contributed by atoms with Gasteiger partial charge in [0.1, 0.15) is 12.4 Å². The van der Waals surface area contributed by atoms with Crippen LogP contribution in [0.15, 0.2) is 18.2 Å². The van der Waals surface area contributed by atoms with Crippen molar-refractivity contribution >= 4 is 49.4 Å². The van der Waals surface area contributed by atoms with Crippen molar-refractivity contribution in [3.8, 4) is 0 Å². The predicted octanol–water partition coefficient (Wildman–Crippen LogP) is 2.37. The van der Waals surface area contributed by atoms with Gasteiger partial charge >= 0.3 is 49.9 Å². The molecule has 1 aliphatic heterocycles. The summed E-state index contributed by atoms with van der Waals surface area (Å²) in [7, 11) is 0. The van der Waals surface area contributed by atoms with Crippen molar-refractivity contribution in [1.29, 1.82) is 0 Å². The Hall–Kier alpha value is -0.570. The molecule has 1 heterocycles. The summed E-state index contributed by atoms with van der Waals surface area (Å²) in [6.07, 6.45) is -4.54. The third kappa shape index (κ3) is 4.97. The second-order valence-electron chi connectivity index (χ2n) is 4.73. The minimum atomic E-state index is -4.54. The fourth-order valence-electron chi connectivity index (χ4n) is 2.20. The average molecular weight is 349 g/mol. The smallest absolute Gasteiger partial charge is 1.00 e. The molecule has 120 valence electrons. The van der Waals surface area contributed by atoms with Gasteiger partial charge in [-0.05, 0) is 24.6 Å². The number of benzene rings is 1. The van der Waals surface area contributed by atoms with Gasteiger partial charge in [-0.2, -0.15) is 13.2 Å². The molecular weight excluding hydrogens is 334 g/mol. The summed E-state index contributed by atoms with van der Waals surface area (Å²) >= 11 is 0. The van der Waals surface area contributed by atoms with Gasteiger partial charge in [0.2, 0.25) is 0 Å². The van der Waals surface area contributed by atoms with E-state index in [1.54, 1.807) is 0 Å². The van der Waals surface area contributed by atoms with Gasteiger partial charge in [-0.3, -0.25) is 0 Å². The van der Waals surface area contributed by atoms with Crippen molar-refractivity contribution in [3.05, 3.63) is 29.6 Å². The Bertz CT molecular complexity index is 548. The van der Waals surface area contributed by atoms with Crippen LogP contribution < -0.4 is 4.90 Å². The van der Waals surface area contributed by atoms with Crippen LogP contribution in [0, 0.1) is 5.82 Å². The van der Waals surface area contributed by atoms with Crippen LogP contribution in [0.2, 0.25) is 0 Å². The molecule has 4 nitrogen and oxygen atoms in total. The van der Waals surface area contributed by atoms with Crippen molar-refractivity contribution in [1.82, 2.24) is 0 Å². The van der Waals surface area contributed by atoms with Crippen molar-refractivity contribution in [2.75, 3.05) is 24.6 Å². The summed E-state index contributed by atoms with van der Waals surface area (Å²) in [5, 5.41) is 8.50. The van der Waals surface area contributed by atoms with Crippen molar-refractivity contribution < 1.29 is 35.1 Å². The Labute approximate surface area is 157 Å². The molecular formula is C13H15CaF4NO3. The maximum absolute atomic E-state index is 13.7. The number of anilines is 1. The number of carbonyl (C=O) groups is 1. The van der Waals surface area contributed by atoms with Crippen LogP contribution in [0.4, 0.5) is 23.2 Å². The Balaban J connectivity index is 0. The number of nitrogens with zero attached hydrogens (tertiary/aromatic N) is 1. The molecule has 1 aromatic carbocycles. The van der Waals surface area contributed by atoms with E-state index in [0.29, 0.717) is 19.0 Å². The van der Waals surface area contributed by atoms with Gasteiger partial charge in [0, 0.05) is 13.1 Å². The number of alkyl halides is 3. The van der Waals surface area contributed by atoms with Gasteiger partial charge in [0.05, 0.1) is 17.4 Å². The SMILES string of the molecule is O=C(O)COC1CCN(c2cc(C(F)(F)F)ccc2F)C1.[Ca+2].[H-].[H-]. The third-order valence-corrected chi connectivity index (χ3v) is 3.20. The summed E-state index contributed by atoms with van der Waals surface area (Å²) in [5.41, 5.74) is -1.07. The molecule has 0 amide bonds. The number of carboxylic acids is 1. The van der Waals surface area contributed by atoms with Crippen molar-refractivity contribution in [2.45, 2.75) is 18.7 Å². The molecule has 0 aliphatic carbocycles. The predicted molar refractivity (Wildman–Crippen MR) is 73.6 cm³/mol. The van der Waals surface area contributed by atoms with Crippen LogP contribution in [0.3, 0.4) is 0 Å². The maximum Gasteiger partial charge on any atom is 2.00 e. The molecule has 1 atom stereocenters. The fourth-order valence-corrected chi connectivity index (χ4v) is 2.20. The quantitative estimate of drug-likeness (QED) is 0.670. The molecule has 9 heteroatoms. The number of halogens is 4. The van der Waals surface area contributed by atoms with E-state index in [1.807, 2.05) is 0 Å². The molecule has 0 saturated carbocycles. The first-order chi connectivity index (χ1) is 9.77. The van der Waals surface area contributed by atoms with Crippen LogP contribution in [-0.2, 0) is 15.7 Å². The summed E-state index contributed by atoms with van der Waals surface area (Å²) in [5.74, 6) is -1.87. The molecule has 1 N–H and O–H groups in total. The standard InChI is InChI=1S/C13H13F4NO3.Ca.2H/c14-10-2-1-8(13(15,16)17)5-11(10)18-4-3-9(6-18)21-7-12(19)20;;;/h1-2,5,9H,3-4,6-7H2,(H,19,20);;;/q;+2;2*-1. The molecule has 1 fully saturated rings. The monoisotopic (exact) mass is 349 g/mol. The largest absolute Gasteiger partial charge is 2.00 e. The summed E-state index contributed by atoms with van der Waals surface area (Å²) in [6.45, 7) is -0.0163. The van der Waals surface area contributed by atoms with Crippen molar-refractivity contribution in [2.24, 2.45) is 0 Å². The summed E-state index contributed by atoms with van der Waals surface area (Å²) < 4.78 is 56.7. The minimum absolute atomic E-state index is 0. The molecule has 0 bridgehead atoms. The van der Waals surface area contributed by atoms with Crippen LogP contribution in [0.25, 0.3) is 0 Å². The van der Waals surface area contributed by atoms with Gasteiger partial charge in [-0.1, -0.05) is 0 Å². The molecule has 22 heavy (non-hydrogen) atoms. The third-order valence-electron chi connectivity index (χ3n) is 3.20. The van der Waals surface area contributed by atoms with Crippen LogP contribution in [-0.4, -0.2) is 74.6 Å². The number of rotatable bonds is 4. The number of hydrogen-bond donors (Lipinski definition) is 1. The summed E-state index contributed by atoms with van der Waals surface area (Å²) in [4.78, 5) is 11.8. The van der Waals surface area contributed by atoms with E-state index >= 15 is 0 Å². The van der Waals surface area contributed by atoms with E-state index < -0.39 is 36.2 Å². The Morgan fingerprint density at radius 3 is 2.73 bits per heavy atom. The van der Waals surface area contributed by atoms with Gasteiger partial charge in [-0.25, -0.2) is 9.18 Å². The molecule has 0 aromatic heterocycles. The van der Waals surface area contributed by atoms with E-state index in [0.717, 1.165) is 12.1 Å². The molecule has 1 saturated heterocycles. The molecule has 1 aliphatic rings. The fraction of sp³-hybridized carbons (Fsp3) is 0.462. The van der Waals surface area contributed by atoms with E-state index in [-0.39, 0.29) is 52.8 Å². The Kier molecular flexibility index (Phi) is 6.91. The Morgan fingerprint density at radius 1 is 1.45 bits per heavy atom. The molecule has 1 aromatic rings. The second-order valence-corrected chi connectivity index (χ2v) is 4.73. The first-order valence-electron chi connectivity index (χ1n) is 6.22. The minimum Gasteiger partial charge on any atom is -1.00 e.